The van der Waals surface area contributed by atoms with Crippen molar-refractivity contribution in [2.45, 2.75) is 50.4 Å². The Morgan fingerprint density at radius 1 is 1.43 bits per heavy atom. The number of rotatable bonds is 3. The van der Waals surface area contributed by atoms with E-state index in [-0.39, 0.29) is 12.1 Å². The van der Waals surface area contributed by atoms with Crippen LogP contribution in [0, 0.1) is 0 Å². The van der Waals surface area contributed by atoms with Crippen molar-refractivity contribution in [2.75, 3.05) is 12.3 Å². The van der Waals surface area contributed by atoms with Crippen LogP contribution in [0.2, 0.25) is 0 Å². The Balaban J connectivity index is 1.99. The van der Waals surface area contributed by atoms with E-state index in [0.29, 0.717) is 17.5 Å². The first-order valence-electron chi connectivity index (χ1n) is 7.02. The topological polar surface area (TPSA) is 72.4 Å². The van der Waals surface area contributed by atoms with Gasteiger partial charge in [-0.05, 0) is 39.7 Å². The Labute approximate surface area is 127 Å². The second-order valence-corrected chi connectivity index (χ2v) is 7.40. The van der Waals surface area contributed by atoms with Gasteiger partial charge in [-0.3, -0.25) is 4.21 Å². The van der Waals surface area contributed by atoms with Crippen molar-refractivity contribution < 1.29 is 13.7 Å². The second kappa shape index (κ2) is 6.51. The van der Waals surface area contributed by atoms with Crippen LogP contribution >= 0.6 is 0 Å². The van der Waals surface area contributed by atoms with Crippen molar-refractivity contribution >= 4 is 16.9 Å². The van der Waals surface area contributed by atoms with E-state index in [9.17, 15) is 9.00 Å². The van der Waals surface area contributed by atoms with Gasteiger partial charge in [-0.2, -0.15) is 0 Å². The minimum absolute atomic E-state index is 0.0792. The van der Waals surface area contributed by atoms with Crippen LogP contribution in [0.25, 0.3) is 0 Å². The van der Waals surface area contributed by atoms with Crippen LogP contribution in [0.1, 0.15) is 33.6 Å². The zero-order valence-corrected chi connectivity index (χ0v) is 13.4. The van der Waals surface area contributed by atoms with E-state index in [1.165, 1.54) is 0 Å². The summed E-state index contributed by atoms with van der Waals surface area (Å²) in [7, 11) is -1.31. The average molecular weight is 311 g/mol. The molecule has 1 aromatic heterocycles. The molecule has 0 aromatic carbocycles. The van der Waals surface area contributed by atoms with Gasteiger partial charge in [0, 0.05) is 25.0 Å². The molecule has 2 heterocycles. The fourth-order valence-electron chi connectivity index (χ4n) is 2.22. The van der Waals surface area contributed by atoms with E-state index in [2.05, 4.69) is 9.97 Å². The number of hydrogen-bond acceptors (Lipinski definition) is 5. The summed E-state index contributed by atoms with van der Waals surface area (Å²) >= 11 is 0. The molecule has 21 heavy (non-hydrogen) atoms. The lowest BCUT2D eigenvalue weighted by Gasteiger charge is -2.28. The normalized spacial score (nSPS) is 20.3. The molecule has 0 saturated carbocycles. The van der Waals surface area contributed by atoms with Crippen molar-refractivity contribution in [2.24, 2.45) is 0 Å². The fraction of sp³-hybridized carbons (Fsp3) is 0.643. The summed E-state index contributed by atoms with van der Waals surface area (Å²) in [5, 5.41) is 0.313. The Morgan fingerprint density at radius 2 is 2.10 bits per heavy atom. The van der Waals surface area contributed by atoms with Gasteiger partial charge in [0.2, 0.25) is 5.16 Å². The maximum atomic E-state index is 12.3. The third-order valence-corrected chi connectivity index (χ3v) is 4.40. The van der Waals surface area contributed by atoms with E-state index < -0.39 is 16.4 Å². The van der Waals surface area contributed by atoms with Crippen molar-refractivity contribution in [3.63, 3.8) is 0 Å². The van der Waals surface area contributed by atoms with Crippen molar-refractivity contribution in [1.29, 1.82) is 0 Å². The molecule has 0 unspecified atom stereocenters. The predicted octanol–water partition coefficient (Wildman–Crippen LogP) is 1.98. The van der Waals surface area contributed by atoms with Crippen LogP contribution in [0.4, 0.5) is 4.79 Å². The molecule has 1 aliphatic rings. The number of ether oxygens (including phenoxy) is 1. The standard InChI is InChI=1S/C14H21N3O3S/c1-14(2,3)20-13(18)17-9-4-6-11(17)10-21(19)12-15-7-5-8-16-12/h5,7-8,11H,4,6,9-10H2,1-3H3/t11-,21-/m1/s1. The summed E-state index contributed by atoms with van der Waals surface area (Å²) in [4.78, 5) is 21.8. The van der Waals surface area contributed by atoms with Gasteiger partial charge in [0.05, 0.1) is 16.6 Å². The quantitative estimate of drug-likeness (QED) is 0.798. The van der Waals surface area contributed by atoms with Gasteiger partial charge in [0.15, 0.2) is 0 Å². The SMILES string of the molecule is CC(C)(C)OC(=O)N1CCC[C@@H]1C[S@@](=O)c1ncccn1. The van der Waals surface area contributed by atoms with Crippen LogP contribution in [0.5, 0.6) is 0 Å². The summed E-state index contributed by atoms with van der Waals surface area (Å²) in [5.74, 6) is 0.350. The van der Waals surface area contributed by atoms with Crippen LogP contribution < -0.4 is 0 Å². The molecule has 0 N–H and O–H groups in total. The Hall–Kier alpha value is -1.50. The Morgan fingerprint density at radius 3 is 2.71 bits per heavy atom. The molecule has 6 nitrogen and oxygen atoms in total. The third-order valence-electron chi connectivity index (χ3n) is 3.09. The average Bonchev–Trinajstić information content (AvgIpc) is 2.86. The van der Waals surface area contributed by atoms with Gasteiger partial charge in [-0.15, -0.1) is 0 Å². The molecule has 1 aromatic rings. The molecule has 0 bridgehead atoms. The molecule has 116 valence electrons. The highest BCUT2D eigenvalue weighted by molar-refractivity contribution is 7.84. The highest BCUT2D eigenvalue weighted by atomic mass is 32.2. The van der Waals surface area contributed by atoms with E-state index in [1.807, 2.05) is 20.8 Å². The molecule has 7 heteroatoms. The predicted molar refractivity (Wildman–Crippen MR) is 79.3 cm³/mol. The lowest BCUT2D eigenvalue weighted by molar-refractivity contribution is 0.0241. The molecule has 0 spiro atoms. The molecule has 1 saturated heterocycles. The summed E-state index contributed by atoms with van der Waals surface area (Å²) in [6.45, 7) is 6.16. The number of hydrogen-bond donors (Lipinski definition) is 0. The summed E-state index contributed by atoms with van der Waals surface area (Å²) in [6, 6.07) is 1.60. The van der Waals surface area contributed by atoms with E-state index in [0.717, 1.165) is 12.8 Å². The number of likely N-dealkylation sites (tertiary alicyclic amines) is 1. The summed E-state index contributed by atoms with van der Waals surface area (Å²) in [6.07, 6.45) is 4.53. The van der Waals surface area contributed by atoms with Gasteiger partial charge in [-0.1, -0.05) is 0 Å². The Kier molecular flexibility index (Phi) is 4.92. The molecule has 1 aliphatic heterocycles. The van der Waals surface area contributed by atoms with Crippen LogP contribution in [0.3, 0.4) is 0 Å². The molecule has 2 rings (SSSR count). The van der Waals surface area contributed by atoms with Crippen LogP contribution in [-0.4, -0.2) is 49.1 Å². The van der Waals surface area contributed by atoms with Gasteiger partial charge >= 0.3 is 6.09 Å². The van der Waals surface area contributed by atoms with Gasteiger partial charge in [0.25, 0.3) is 0 Å². The minimum atomic E-state index is -1.31. The largest absolute Gasteiger partial charge is 0.444 e. The molecule has 0 radical (unpaired) electrons. The molecular weight excluding hydrogens is 290 g/mol. The zero-order valence-electron chi connectivity index (χ0n) is 12.6. The first-order chi connectivity index (χ1) is 9.87. The molecule has 0 aliphatic carbocycles. The summed E-state index contributed by atoms with van der Waals surface area (Å²) < 4.78 is 17.7. The molecule has 1 fully saturated rings. The Bertz CT molecular complexity index is 516. The first kappa shape index (κ1) is 15.9. The molecule has 2 atom stereocenters. The third kappa shape index (κ3) is 4.49. The van der Waals surface area contributed by atoms with Gasteiger partial charge < -0.3 is 9.64 Å². The van der Waals surface area contributed by atoms with E-state index in [1.54, 1.807) is 23.4 Å². The minimum Gasteiger partial charge on any atom is -0.444 e. The molecular formula is C14H21N3O3S. The van der Waals surface area contributed by atoms with E-state index >= 15 is 0 Å². The van der Waals surface area contributed by atoms with E-state index in [4.69, 9.17) is 4.74 Å². The molecule has 1 amide bonds. The number of amides is 1. The van der Waals surface area contributed by atoms with Crippen molar-refractivity contribution in [3.05, 3.63) is 18.5 Å². The highest BCUT2D eigenvalue weighted by Crippen LogP contribution is 2.22. The van der Waals surface area contributed by atoms with Crippen molar-refractivity contribution in [1.82, 2.24) is 14.9 Å². The van der Waals surface area contributed by atoms with Crippen molar-refractivity contribution in [3.8, 4) is 0 Å². The first-order valence-corrected chi connectivity index (χ1v) is 8.34. The van der Waals surface area contributed by atoms with Crippen LogP contribution in [0.15, 0.2) is 23.6 Å². The zero-order chi connectivity index (χ0) is 15.5. The number of carbonyl (C=O) groups is 1. The monoisotopic (exact) mass is 311 g/mol. The number of carbonyl (C=O) groups excluding carboxylic acids is 1. The van der Waals surface area contributed by atoms with Crippen LogP contribution in [-0.2, 0) is 15.5 Å². The summed E-state index contributed by atoms with van der Waals surface area (Å²) in [5.41, 5.74) is -0.522. The number of aromatic nitrogens is 2. The lowest BCUT2D eigenvalue weighted by atomic mass is 10.2. The van der Waals surface area contributed by atoms with Gasteiger partial charge in [0.1, 0.15) is 5.60 Å². The lowest BCUT2D eigenvalue weighted by Crippen LogP contribution is -2.42. The highest BCUT2D eigenvalue weighted by Gasteiger charge is 2.33. The smallest absolute Gasteiger partial charge is 0.410 e. The fourth-order valence-corrected chi connectivity index (χ4v) is 3.42. The second-order valence-electron chi connectivity index (χ2n) is 6.01. The van der Waals surface area contributed by atoms with Gasteiger partial charge in [-0.25, -0.2) is 14.8 Å². The number of nitrogens with zero attached hydrogens (tertiary/aromatic N) is 3. The maximum Gasteiger partial charge on any atom is 0.410 e. The maximum absolute atomic E-state index is 12.3.